The highest BCUT2D eigenvalue weighted by atomic mass is 35.5. The number of hydrogen-bond acceptors (Lipinski definition) is 5. The lowest BCUT2D eigenvalue weighted by molar-refractivity contribution is 0.0944. The van der Waals surface area contributed by atoms with Gasteiger partial charge < -0.3 is 15.5 Å². The van der Waals surface area contributed by atoms with Crippen LogP contribution in [-0.4, -0.2) is 17.4 Å². The van der Waals surface area contributed by atoms with Crippen molar-refractivity contribution in [3.63, 3.8) is 0 Å². The van der Waals surface area contributed by atoms with Crippen molar-refractivity contribution in [2.45, 2.75) is 32.1 Å². The van der Waals surface area contributed by atoms with E-state index in [0.717, 1.165) is 6.54 Å². The van der Waals surface area contributed by atoms with Crippen molar-refractivity contribution in [3.05, 3.63) is 73.0 Å². The number of amides is 1. The molecule has 0 unspecified atom stereocenters. The molecule has 0 bridgehead atoms. The Morgan fingerprint density at radius 2 is 1.74 bits per heavy atom. The molecule has 1 amide bonds. The number of benzene rings is 2. The summed E-state index contributed by atoms with van der Waals surface area (Å²) in [6, 6.07) is 9.55. The molecule has 1 aliphatic rings. The van der Waals surface area contributed by atoms with E-state index in [4.69, 9.17) is 28.9 Å². The molecular weight excluding hydrogens is 441 g/mol. The van der Waals surface area contributed by atoms with Crippen LogP contribution in [0.3, 0.4) is 0 Å². The molecule has 9 heteroatoms. The first-order valence-electron chi connectivity index (χ1n) is 9.99. The molecule has 0 spiro atoms. The Hall–Kier alpha value is -2.77. The summed E-state index contributed by atoms with van der Waals surface area (Å²) >= 11 is 11.5. The number of fused-ring (bicyclic) bond motifs is 1. The van der Waals surface area contributed by atoms with Gasteiger partial charge in [0.25, 0.3) is 5.91 Å². The second-order valence-electron chi connectivity index (χ2n) is 7.44. The monoisotopic (exact) mass is 463 g/mol. The molecule has 1 aliphatic carbocycles. The Bertz CT molecular complexity index is 1180. The highest BCUT2D eigenvalue weighted by Gasteiger charge is 2.16. The number of carbonyl (C=O) groups is 1. The Morgan fingerprint density at radius 3 is 2.48 bits per heavy atom. The van der Waals surface area contributed by atoms with Gasteiger partial charge in [-0.15, -0.1) is 0 Å². The third kappa shape index (κ3) is 6.35. The number of halogens is 2. The van der Waals surface area contributed by atoms with E-state index in [9.17, 15) is 14.4 Å². The molecule has 0 atom stereocenters. The van der Waals surface area contributed by atoms with Crippen LogP contribution in [0, 0.1) is 5.92 Å². The van der Waals surface area contributed by atoms with Gasteiger partial charge in [-0.2, -0.15) is 0 Å². The minimum Gasteiger partial charge on any atom is -0.398 e. The van der Waals surface area contributed by atoms with Gasteiger partial charge in [0.05, 0.1) is 16.5 Å². The molecule has 31 heavy (non-hydrogen) atoms. The van der Waals surface area contributed by atoms with E-state index in [-0.39, 0.29) is 11.3 Å². The zero-order chi connectivity index (χ0) is 22.4. The Balaban J connectivity index is 0.000000185. The summed E-state index contributed by atoms with van der Waals surface area (Å²) in [6.45, 7) is 0.741. The van der Waals surface area contributed by atoms with Crippen LogP contribution in [0.1, 0.15) is 42.5 Å². The van der Waals surface area contributed by atoms with E-state index in [1.54, 1.807) is 30.3 Å². The van der Waals surface area contributed by atoms with E-state index in [1.165, 1.54) is 38.2 Å². The molecular formula is C22H23Cl2N3O4. The Kier molecular flexibility index (Phi) is 7.76. The van der Waals surface area contributed by atoms with E-state index in [2.05, 4.69) is 14.7 Å². The number of anilines is 1. The number of nitrogens with one attached hydrogen (secondary N) is 2. The SMILES string of the molecule is Nc1ccc(Cl)cc1C(=O)NCC1CCCCC1.O=c1[nH]c2ccc(Cl)cc2c(=O)o1. The normalized spacial score (nSPS) is 14.0. The summed E-state index contributed by atoms with van der Waals surface area (Å²) in [5.74, 6) is -0.275. The summed E-state index contributed by atoms with van der Waals surface area (Å²) in [5.41, 5.74) is 6.47. The van der Waals surface area contributed by atoms with Gasteiger partial charge in [-0.25, -0.2) is 9.59 Å². The molecule has 4 rings (SSSR count). The number of hydrogen-bond donors (Lipinski definition) is 3. The average molecular weight is 464 g/mol. The van der Waals surface area contributed by atoms with E-state index < -0.39 is 11.4 Å². The summed E-state index contributed by atoms with van der Waals surface area (Å²) < 4.78 is 4.32. The molecule has 1 fully saturated rings. The number of aromatic nitrogens is 1. The standard InChI is InChI=1S/C14H19ClN2O.C8H4ClNO3/c15-11-6-7-13(16)12(8-11)14(18)17-9-10-4-2-1-3-5-10;9-4-1-2-6-5(3-4)7(11)13-8(12)10-6/h6-8,10H,1-5,9,16H2,(H,17,18);1-3H,(H,10,12). The lowest BCUT2D eigenvalue weighted by atomic mass is 9.89. The fourth-order valence-electron chi connectivity index (χ4n) is 3.52. The third-order valence-corrected chi connectivity index (χ3v) is 5.63. The van der Waals surface area contributed by atoms with Gasteiger partial charge >= 0.3 is 11.4 Å². The first kappa shape index (κ1) is 22.9. The first-order valence-corrected chi connectivity index (χ1v) is 10.7. The number of carbonyl (C=O) groups excluding carboxylic acids is 1. The van der Waals surface area contributed by atoms with Crippen LogP contribution in [0.5, 0.6) is 0 Å². The molecule has 7 nitrogen and oxygen atoms in total. The fraction of sp³-hybridized carbons (Fsp3) is 0.318. The lowest BCUT2D eigenvalue weighted by Crippen LogP contribution is -2.30. The van der Waals surface area contributed by atoms with Crippen LogP contribution in [0.15, 0.2) is 50.4 Å². The van der Waals surface area contributed by atoms with Crippen molar-refractivity contribution in [1.82, 2.24) is 10.3 Å². The van der Waals surface area contributed by atoms with Crippen LogP contribution in [0.25, 0.3) is 10.9 Å². The van der Waals surface area contributed by atoms with E-state index >= 15 is 0 Å². The van der Waals surface area contributed by atoms with Gasteiger partial charge in [0.15, 0.2) is 0 Å². The molecule has 1 aromatic heterocycles. The molecule has 0 saturated heterocycles. The van der Waals surface area contributed by atoms with Gasteiger partial charge in [0, 0.05) is 22.3 Å². The molecule has 0 radical (unpaired) electrons. The highest BCUT2D eigenvalue weighted by Crippen LogP contribution is 2.23. The predicted molar refractivity (Wildman–Crippen MR) is 123 cm³/mol. The largest absolute Gasteiger partial charge is 0.419 e. The lowest BCUT2D eigenvalue weighted by Gasteiger charge is -2.21. The second-order valence-corrected chi connectivity index (χ2v) is 8.31. The molecule has 1 heterocycles. The summed E-state index contributed by atoms with van der Waals surface area (Å²) in [4.78, 5) is 36.2. The van der Waals surface area contributed by atoms with Crippen LogP contribution < -0.4 is 22.4 Å². The van der Waals surface area contributed by atoms with Crippen LogP contribution >= 0.6 is 23.2 Å². The summed E-state index contributed by atoms with van der Waals surface area (Å²) in [6.07, 6.45) is 6.31. The van der Waals surface area contributed by atoms with Crippen molar-refractivity contribution in [2.24, 2.45) is 5.92 Å². The smallest absolute Gasteiger partial charge is 0.398 e. The van der Waals surface area contributed by atoms with Crippen molar-refractivity contribution < 1.29 is 9.21 Å². The van der Waals surface area contributed by atoms with Crippen molar-refractivity contribution >= 4 is 45.7 Å². The summed E-state index contributed by atoms with van der Waals surface area (Å²) in [7, 11) is 0. The van der Waals surface area contributed by atoms with Gasteiger partial charge in [0.2, 0.25) is 0 Å². The van der Waals surface area contributed by atoms with Gasteiger partial charge in [-0.1, -0.05) is 42.5 Å². The maximum atomic E-state index is 12.0. The van der Waals surface area contributed by atoms with Gasteiger partial charge in [-0.3, -0.25) is 9.78 Å². The quantitative estimate of drug-likeness (QED) is 0.498. The van der Waals surface area contributed by atoms with Gasteiger partial charge in [-0.05, 0) is 55.2 Å². The predicted octanol–water partition coefficient (Wildman–Crippen LogP) is 4.37. The minimum absolute atomic E-state index is 0.124. The van der Waals surface area contributed by atoms with E-state index in [0.29, 0.717) is 32.7 Å². The number of H-pyrrole nitrogens is 1. The molecule has 0 aliphatic heterocycles. The zero-order valence-electron chi connectivity index (χ0n) is 16.8. The number of aromatic amines is 1. The average Bonchev–Trinajstić information content (AvgIpc) is 2.75. The Labute approximate surface area is 188 Å². The molecule has 4 N–H and O–H groups in total. The third-order valence-electron chi connectivity index (χ3n) is 5.16. The highest BCUT2D eigenvalue weighted by molar-refractivity contribution is 6.31. The molecule has 2 aromatic carbocycles. The van der Waals surface area contributed by atoms with Crippen LogP contribution in [0.4, 0.5) is 5.69 Å². The maximum Gasteiger partial charge on any atom is 0.419 e. The fourth-order valence-corrected chi connectivity index (χ4v) is 3.86. The minimum atomic E-state index is -0.764. The number of nitrogen functional groups attached to an aromatic ring is 1. The van der Waals surface area contributed by atoms with Crippen LogP contribution in [-0.2, 0) is 0 Å². The van der Waals surface area contributed by atoms with Crippen molar-refractivity contribution in [3.8, 4) is 0 Å². The number of nitrogens with two attached hydrogens (primary N) is 1. The molecule has 1 saturated carbocycles. The topological polar surface area (TPSA) is 118 Å². The van der Waals surface area contributed by atoms with Crippen LogP contribution in [0.2, 0.25) is 10.0 Å². The molecule has 3 aromatic rings. The Morgan fingerprint density at radius 1 is 1.06 bits per heavy atom. The number of rotatable bonds is 3. The molecule has 164 valence electrons. The summed E-state index contributed by atoms with van der Waals surface area (Å²) in [5, 5.41) is 4.19. The zero-order valence-corrected chi connectivity index (χ0v) is 18.3. The van der Waals surface area contributed by atoms with Crippen molar-refractivity contribution in [2.75, 3.05) is 12.3 Å². The van der Waals surface area contributed by atoms with E-state index in [1.807, 2.05) is 0 Å². The first-order chi connectivity index (χ1) is 14.8. The second kappa shape index (κ2) is 10.5. The van der Waals surface area contributed by atoms with Crippen molar-refractivity contribution in [1.29, 1.82) is 0 Å². The maximum absolute atomic E-state index is 12.0. The van der Waals surface area contributed by atoms with Gasteiger partial charge in [0.1, 0.15) is 0 Å².